The first-order chi connectivity index (χ1) is 17.5. The molecule has 5 rings (SSSR count). The van der Waals surface area contributed by atoms with Gasteiger partial charge in [-0.15, -0.1) is 0 Å². The highest BCUT2D eigenvalue weighted by atomic mass is 35.5. The van der Waals surface area contributed by atoms with E-state index < -0.39 is 0 Å². The van der Waals surface area contributed by atoms with E-state index >= 15 is 0 Å². The molecule has 36 heavy (non-hydrogen) atoms. The van der Waals surface area contributed by atoms with Crippen molar-refractivity contribution in [3.8, 4) is 0 Å². The van der Waals surface area contributed by atoms with E-state index in [1.54, 1.807) is 15.3 Å². The summed E-state index contributed by atoms with van der Waals surface area (Å²) in [7, 11) is 0. The molecule has 190 valence electrons. The van der Waals surface area contributed by atoms with Crippen molar-refractivity contribution in [2.45, 2.75) is 33.4 Å². The maximum atomic E-state index is 13.5. The third-order valence-corrected chi connectivity index (χ3v) is 6.88. The highest BCUT2D eigenvalue weighted by Crippen LogP contribution is 2.29. The Bertz CT molecular complexity index is 1460. The van der Waals surface area contributed by atoms with E-state index in [9.17, 15) is 9.90 Å². The molecule has 0 bridgehead atoms. The van der Waals surface area contributed by atoms with Gasteiger partial charge in [0, 0.05) is 42.3 Å². The molecule has 4 heterocycles. The molecule has 1 aromatic carbocycles. The van der Waals surface area contributed by atoms with Gasteiger partial charge in [-0.25, -0.2) is 9.67 Å². The number of benzene rings is 1. The molecule has 0 radical (unpaired) electrons. The molecule has 0 atom stereocenters. The maximum Gasteiger partial charge on any atom is 0.260 e. The fourth-order valence-electron chi connectivity index (χ4n) is 5.09. The molecular formula is C26H31ClN6O3. The molecule has 0 amide bonds. The average Bonchev–Trinajstić information content (AvgIpc) is 3.29. The van der Waals surface area contributed by atoms with Crippen LogP contribution >= 0.6 is 11.6 Å². The summed E-state index contributed by atoms with van der Waals surface area (Å²) >= 11 is 6.22. The van der Waals surface area contributed by atoms with Gasteiger partial charge in [0.05, 0.1) is 38.2 Å². The van der Waals surface area contributed by atoms with Gasteiger partial charge in [-0.2, -0.15) is 5.10 Å². The molecule has 0 spiro atoms. The fourth-order valence-corrected chi connectivity index (χ4v) is 5.23. The van der Waals surface area contributed by atoms with E-state index in [1.165, 1.54) is 0 Å². The number of fused-ring (bicyclic) bond motifs is 3. The van der Waals surface area contributed by atoms with Crippen LogP contribution in [0, 0.1) is 6.92 Å². The van der Waals surface area contributed by atoms with Crippen LogP contribution in [-0.2, 0) is 24.2 Å². The second-order valence-electron chi connectivity index (χ2n) is 9.01. The molecule has 1 saturated heterocycles. The van der Waals surface area contributed by atoms with E-state index in [1.807, 2.05) is 32.2 Å². The Morgan fingerprint density at radius 3 is 2.75 bits per heavy atom. The SMILES string of the molecule is CCn1c(=O)c2cc(C)cc(CCNc3ccc(Cl)nc3N3CCOCC3)c2c2cnn(CCO)c21. The number of rotatable bonds is 8. The summed E-state index contributed by atoms with van der Waals surface area (Å²) in [6.45, 7) is 8.32. The van der Waals surface area contributed by atoms with E-state index in [0.29, 0.717) is 49.8 Å². The summed E-state index contributed by atoms with van der Waals surface area (Å²) < 4.78 is 8.95. The number of nitrogens with zero attached hydrogens (tertiary/aromatic N) is 5. The molecule has 0 unspecified atom stereocenters. The predicted molar refractivity (Wildman–Crippen MR) is 143 cm³/mol. The molecule has 0 saturated carbocycles. The van der Waals surface area contributed by atoms with Gasteiger partial charge in [-0.3, -0.25) is 9.36 Å². The van der Waals surface area contributed by atoms with E-state index in [2.05, 4.69) is 26.4 Å². The van der Waals surface area contributed by atoms with Crippen molar-refractivity contribution in [1.82, 2.24) is 19.3 Å². The van der Waals surface area contributed by atoms with Crippen LogP contribution in [-0.4, -0.2) is 63.9 Å². The minimum absolute atomic E-state index is 0.0332. The molecular weight excluding hydrogens is 480 g/mol. The zero-order valence-electron chi connectivity index (χ0n) is 20.6. The summed E-state index contributed by atoms with van der Waals surface area (Å²) in [4.78, 5) is 20.2. The van der Waals surface area contributed by atoms with Crippen molar-refractivity contribution in [1.29, 1.82) is 0 Å². The van der Waals surface area contributed by atoms with Gasteiger partial charge in [0.15, 0.2) is 5.82 Å². The highest BCUT2D eigenvalue weighted by Gasteiger charge is 2.19. The zero-order valence-corrected chi connectivity index (χ0v) is 21.4. The second kappa shape index (κ2) is 10.5. The molecule has 4 aromatic rings. The first-order valence-corrected chi connectivity index (χ1v) is 12.7. The Kier molecular flexibility index (Phi) is 7.13. The normalized spacial score (nSPS) is 14.2. The van der Waals surface area contributed by atoms with Gasteiger partial charge in [-0.05, 0) is 44.0 Å². The van der Waals surface area contributed by atoms with Crippen molar-refractivity contribution >= 4 is 44.9 Å². The first-order valence-electron chi connectivity index (χ1n) is 12.4. The molecule has 0 aliphatic carbocycles. The number of halogens is 1. The third-order valence-electron chi connectivity index (χ3n) is 6.67. The average molecular weight is 511 g/mol. The predicted octanol–water partition coefficient (Wildman–Crippen LogP) is 3.21. The van der Waals surface area contributed by atoms with E-state index in [-0.39, 0.29) is 12.2 Å². The van der Waals surface area contributed by atoms with Crippen molar-refractivity contribution in [2.24, 2.45) is 0 Å². The number of pyridine rings is 2. The van der Waals surface area contributed by atoms with Crippen LogP contribution in [0.1, 0.15) is 18.1 Å². The van der Waals surface area contributed by atoms with Crippen molar-refractivity contribution in [3.05, 3.63) is 57.1 Å². The van der Waals surface area contributed by atoms with Crippen LogP contribution < -0.4 is 15.8 Å². The minimum Gasteiger partial charge on any atom is -0.394 e. The number of anilines is 2. The van der Waals surface area contributed by atoms with Crippen LogP contribution in [0.15, 0.2) is 35.3 Å². The molecule has 1 fully saturated rings. The molecule has 1 aliphatic rings. The van der Waals surface area contributed by atoms with Gasteiger partial charge in [0.2, 0.25) is 0 Å². The Morgan fingerprint density at radius 2 is 2.00 bits per heavy atom. The Hall–Kier alpha value is -3.14. The smallest absolute Gasteiger partial charge is 0.260 e. The number of aromatic nitrogens is 4. The van der Waals surface area contributed by atoms with Crippen LogP contribution in [0.25, 0.3) is 21.8 Å². The van der Waals surface area contributed by atoms with Gasteiger partial charge >= 0.3 is 0 Å². The third kappa shape index (κ3) is 4.54. The van der Waals surface area contributed by atoms with E-state index in [0.717, 1.165) is 52.1 Å². The largest absolute Gasteiger partial charge is 0.394 e. The lowest BCUT2D eigenvalue weighted by molar-refractivity contribution is 0.122. The summed E-state index contributed by atoms with van der Waals surface area (Å²) in [6.07, 6.45) is 2.52. The van der Waals surface area contributed by atoms with E-state index in [4.69, 9.17) is 16.3 Å². The van der Waals surface area contributed by atoms with Gasteiger partial charge in [0.25, 0.3) is 5.56 Å². The summed E-state index contributed by atoms with van der Waals surface area (Å²) in [5, 5.41) is 20.6. The van der Waals surface area contributed by atoms with Gasteiger partial charge in [0.1, 0.15) is 10.8 Å². The number of aryl methyl sites for hydroxylation is 2. The molecule has 2 N–H and O–H groups in total. The molecule has 1 aliphatic heterocycles. The van der Waals surface area contributed by atoms with Crippen LogP contribution in [0.4, 0.5) is 11.5 Å². The maximum absolute atomic E-state index is 13.5. The fraction of sp³-hybridized carbons (Fsp3) is 0.423. The summed E-state index contributed by atoms with van der Waals surface area (Å²) in [5.41, 5.74) is 3.77. The Balaban J connectivity index is 1.51. The standard InChI is InChI=1S/C26H31ClN6O3/c1-3-32-25-20(16-29-33(25)8-11-34)23-18(14-17(2)15-19(23)26(32)35)6-7-28-21-4-5-22(27)30-24(21)31-9-12-36-13-10-31/h4-5,14-16,28,34H,3,6-13H2,1-2H3. The lowest BCUT2D eigenvalue weighted by Crippen LogP contribution is -2.37. The Labute approximate surface area is 214 Å². The highest BCUT2D eigenvalue weighted by molar-refractivity contribution is 6.29. The number of morpholine rings is 1. The first kappa shape index (κ1) is 24.5. The number of hydrogen-bond donors (Lipinski definition) is 2. The topological polar surface area (TPSA) is 97.4 Å². The number of aliphatic hydroxyl groups is 1. The molecule has 3 aromatic heterocycles. The van der Waals surface area contributed by atoms with Gasteiger partial charge < -0.3 is 20.1 Å². The number of nitrogens with one attached hydrogen (secondary N) is 1. The second-order valence-corrected chi connectivity index (χ2v) is 9.39. The van der Waals surface area contributed by atoms with Crippen LogP contribution in [0.3, 0.4) is 0 Å². The quantitative estimate of drug-likeness (QED) is 0.351. The van der Waals surface area contributed by atoms with Crippen LogP contribution in [0.2, 0.25) is 5.15 Å². The molecule has 9 nitrogen and oxygen atoms in total. The Morgan fingerprint density at radius 1 is 1.19 bits per heavy atom. The zero-order chi connectivity index (χ0) is 25.2. The number of ether oxygens (including phenoxy) is 1. The van der Waals surface area contributed by atoms with Crippen molar-refractivity contribution in [3.63, 3.8) is 0 Å². The summed E-state index contributed by atoms with van der Waals surface area (Å²) in [5.74, 6) is 0.832. The lowest BCUT2D eigenvalue weighted by Gasteiger charge is -2.29. The monoisotopic (exact) mass is 510 g/mol. The minimum atomic E-state index is -0.0437. The van der Waals surface area contributed by atoms with Crippen molar-refractivity contribution in [2.75, 3.05) is 49.7 Å². The summed E-state index contributed by atoms with van der Waals surface area (Å²) in [6, 6.07) is 7.86. The number of hydrogen-bond acceptors (Lipinski definition) is 7. The lowest BCUT2D eigenvalue weighted by atomic mass is 9.98. The van der Waals surface area contributed by atoms with Crippen LogP contribution in [0.5, 0.6) is 0 Å². The number of aliphatic hydroxyl groups excluding tert-OH is 1. The van der Waals surface area contributed by atoms with Crippen molar-refractivity contribution < 1.29 is 9.84 Å². The van der Waals surface area contributed by atoms with Gasteiger partial charge in [-0.1, -0.05) is 23.2 Å². The molecule has 10 heteroatoms.